The van der Waals surface area contributed by atoms with Gasteiger partial charge in [0.05, 0.1) is 0 Å². The van der Waals surface area contributed by atoms with E-state index in [4.69, 9.17) is 0 Å². The molecule has 2 aromatic rings. The predicted octanol–water partition coefficient (Wildman–Crippen LogP) is 5.58. The maximum atomic E-state index is 3.50. The van der Waals surface area contributed by atoms with E-state index in [2.05, 4.69) is 74.7 Å². The number of para-hydroxylation sites is 2. The van der Waals surface area contributed by atoms with Gasteiger partial charge in [-0.3, -0.25) is 0 Å². The number of nitrogens with one attached hydrogen (secondary N) is 2. The van der Waals surface area contributed by atoms with Crippen molar-refractivity contribution in [2.45, 2.75) is 53.4 Å². The molecule has 0 atom stereocenters. The predicted molar refractivity (Wildman–Crippen MR) is 102 cm³/mol. The van der Waals surface area contributed by atoms with Crippen LogP contribution < -0.4 is 10.6 Å². The van der Waals surface area contributed by atoms with E-state index in [1.165, 1.54) is 33.6 Å². The summed E-state index contributed by atoms with van der Waals surface area (Å²) in [5.41, 5.74) is 7.95. The highest BCUT2D eigenvalue weighted by Crippen LogP contribution is 2.25. The zero-order chi connectivity index (χ0) is 16.7. The minimum absolute atomic E-state index is 1.04. The molecule has 0 spiro atoms. The molecule has 0 unspecified atom stereocenters. The van der Waals surface area contributed by atoms with E-state index < -0.39 is 0 Å². The van der Waals surface area contributed by atoms with Crippen LogP contribution >= 0.6 is 0 Å². The summed E-state index contributed by atoms with van der Waals surface area (Å²) in [6, 6.07) is 13.1. The Balaban J connectivity index is 2.15. The number of hydrogen-bond donors (Lipinski definition) is 2. The van der Waals surface area contributed by atoms with Crippen LogP contribution in [0.4, 0.5) is 11.4 Å². The third-order valence-electron chi connectivity index (χ3n) is 4.43. The van der Waals surface area contributed by atoms with Crippen LogP contribution in [0.15, 0.2) is 36.4 Å². The van der Waals surface area contributed by atoms with Crippen molar-refractivity contribution in [1.29, 1.82) is 0 Å². The lowest BCUT2D eigenvalue weighted by molar-refractivity contribution is 1.07. The van der Waals surface area contributed by atoms with Crippen molar-refractivity contribution in [2.24, 2.45) is 0 Å². The fourth-order valence-corrected chi connectivity index (χ4v) is 3.04. The van der Waals surface area contributed by atoms with Gasteiger partial charge in [-0.25, -0.2) is 0 Å². The van der Waals surface area contributed by atoms with Crippen LogP contribution in [0.5, 0.6) is 0 Å². The molecule has 2 aromatic carbocycles. The molecule has 0 amide bonds. The molecule has 0 aliphatic carbocycles. The summed E-state index contributed by atoms with van der Waals surface area (Å²) >= 11 is 0. The Labute approximate surface area is 141 Å². The second-order valence-electron chi connectivity index (χ2n) is 5.75. The monoisotopic (exact) mass is 309 g/mol. The van der Waals surface area contributed by atoms with E-state index in [9.17, 15) is 0 Å². The largest absolute Gasteiger partial charge is 0.516 e. The lowest BCUT2D eigenvalue weighted by Crippen LogP contribution is -2.11. The summed E-state index contributed by atoms with van der Waals surface area (Å²) in [5, 5.41) is 7.00. The van der Waals surface area contributed by atoms with Gasteiger partial charge < -0.3 is 10.6 Å². The van der Waals surface area contributed by atoms with Gasteiger partial charge in [0.2, 0.25) is 0 Å². The molecule has 0 aromatic heterocycles. The average Bonchev–Trinajstić information content (AvgIpc) is 2.61. The van der Waals surface area contributed by atoms with Crippen molar-refractivity contribution in [2.75, 3.05) is 10.6 Å². The molecule has 0 bridgehead atoms. The number of anilines is 2. The van der Waals surface area contributed by atoms with Crippen molar-refractivity contribution in [1.82, 2.24) is 0 Å². The zero-order valence-corrected chi connectivity index (χ0v) is 14.9. The first kappa shape index (κ1) is 17.4. The summed E-state index contributed by atoms with van der Waals surface area (Å²) in [4.78, 5) is 0. The van der Waals surface area contributed by atoms with Gasteiger partial charge in [0.25, 0.3) is 0 Å². The van der Waals surface area contributed by atoms with Crippen LogP contribution in [0.25, 0.3) is 0 Å². The lowest BCUT2D eigenvalue weighted by Gasteiger charge is -2.27. The molecule has 0 aliphatic heterocycles. The van der Waals surface area contributed by atoms with Crippen LogP contribution in [-0.4, -0.2) is 0 Å². The van der Waals surface area contributed by atoms with Crippen LogP contribution in [0, 0.1) is 6.67 Å². The molecular formula is C21H29N2-. The average molecular weight is 309 g/mol. The van der Waals surface area contributed by atoms with Crippen molar-refractivity contribution >= 4 is 11.4 Å². The Kier molecular flexibility index (Phi) is 6.52. The normalized spacial score (nSPS) is 10.6. The van der Waals surface area contributed by atoms with E-state index in [1.54, 1.807) is 0 Å². The highest BCUT2D eigenvalue weighted by molar-refractivity contribution is 5.63. The van der Waals surface area contributed by atoms with Crippen LogP contribution in [0.3, 0.4) is 0 Å². The number of aryl methyl sites for hydroxylation is 4. The van der Waals surface area contributed by atoms with Crippen molar-refractivity contribution in [3.8, 4) is 0 Å². The molecule has 0 aliphatic rings. The minimum Gasteiger partial charge on any atom is -0.516 e. The lowest BCUT2D eigenvalue weighted by atomic mass is 10.0. The van der Waals surface area contributed by atoms with E-state index in [0.29, 0.717) is 0 Å². The molecule has 0 saturated carbocycles. The Morgan fingerprint density at radius 1 is 0.609 bits per heavy atom. The number of rotatable bonds is 8. The van der Waals surface area contributed by atoms with Crippen LogP contribution in [0.2, 0.25) is 0 Å². The Morgan fingerprint density at radius 2 is 0.913 bits per heavy atom. The van der Waals surface area contributed by atoms with Gasteiger partial charge in [-0.05, 0) is 47.9 Å². The quantitative estimate of drug-likeness (QED) is 0.622. The van der Waals surface area contributed by atoms with E-state index in [-0.39, 0.29) is 0 Å². The first-order chi connectivity index (χ1) is 11.2. The maximum Gasteiger partial charge on any atom is 0.0126 e. The molecular weight excluding hydrogens is 280 g/mol. The molecule has 0 fully saturated rings. The first-order valence-electron chi connectivity index (χ1n) is 8.81. The Morgan fingerprint density at radius 3 is 1.17 bits per heavy atom. The van der Waals surface area contributed by atoms with E-state index in [0.717, 1.165) is 25.7 Å². The second-order valence-corrected chi connectivity index (χ2v) is 5.75. The molecule has 0 saturated heterocycles. The van der Waals surface area contributed by atoms with Crippen molar-refractivity contribution in [3.63, 3.8) is 0 Å². The Bertz CT molecular complexity index is 532. The third-order valence-corrected chi connectivity index (χ3v) is 4.43. The van der Waals surface area contributed by atoms with Gasteiger partial charge in [0, 0.05) is 11.4 Å². The summed E-state index contributed by atoms with van der Waals surface area (Å²) in [6.07, 6.45) is 4.15. The zero-order valence-electron chi connectivity index (χ0n) is 14.9. The van der Waals surface area contributed by atoms with Crippen LogP contribution in [-0.2, 0) is 25.7 Å². The second kappa shape index (κ2) is 8.61. The molecule has 2 nitrogen and oxygen atoms in total. The fourth-order valence-electron chi connectivity index (χ4n) is 3.04. The van der Waals surface area contributed by atoms with Gasteiger partial charge in [0.15, 0.2) is 0 Å². The topological polar surface area (TPSA) is 24.1 Å². The number of benzene rings is 2. The maximum absolute atomic E-state index is 3.50. The SMILES string of the molecule is CCc1cccc(CC)c1N[CH-]Nc1c(CC)cccc1CC. The van der Waals surface area contributed by atoms with E-state index in [1.807, 2.05) is 6.67 Å². The third kappa shape index (κ3) is 4.07. The molecule has 2 heteroatoms. The standard InChI is InChI=1S/C21H29N2/c1-5-16-11-9-12-17(6-2)20(16)22-15-23-21-18(7-3)13-10-14-19(21)8-4/h9-15,22-23H,5-8H2,1-4H3/q-1. The fraction of sp³-hybridized carbons (Fsp3) is 0.381. The highest BCUT2D eigenvalue weighted by Gasteiger charge is 2.04. The van der Waals surface area contributed by atoms with Gasteiger partial charge >= 0.3 is 0 Å². The molecule has 124 valence electrons. The van der Waals surface area contributed by atoms with Crippen molar-refractivity contribution in [3.05, 3.63) is 65.3 Å². The van der Waals surface area contributed by atoms with Crippen molar-refractivity contribution < 1.29 is 0 Å². The van der Waals surface area contributed by atoms with Gasteiger partial charge in [0.1, 0.15) is 0 Å². The minimum atomic E-state index is 1.04. The highest BCUT2D eigenvalue weighted by atomic mass is 15.1. The molecule has 0 heterocycles. The molecule has 23 heavy (non-hydrogen) atoms. The molecule has 2 rings (SSSR count). The summed E-state index contributed by atoms with van der Waals surface area (Å²) in [7, 11) is 0. The Hall–Kier alpha value is -1.96. The smallest absolute Gasteiger partial charge is 0.0126 e. The van der Waals surface area contributed by atoms with E-state index >= 15 is 0 Å². The summed E-state index contributed by atoms with van der Waals surface area (Å²) < 4.78 is 0. The first-order valence-corrected chi connectivity index (χ1v) is 8.81. The summed E-state index contributed by atoms with van der Waals surface area (Å²) in [5.74, 6) is 0. The number of hydrogen-bond acceptors (Lipinski definition) is 2. The van der Waals surface area contributed by atoms with Crippen LogP contribution in [0.1, 0.15) is 49.9 Å². The van der Waals surface area contributed by atoms with Gasteiger partial charge in [-0.2, -0.15) is 6.67 Å². The van der Waals surface area contributed by atoms with Gasteiger partial charge in [-0.15, -0.1) is 0 Å². The molecule has 2 N–H and O–H groups in total. The van der Waals surface area contributed by atoms with Gasteiger partial charge in [-0.1, -0.05) is 64.1 Å². The molecule has 0 radical (unpaired) electrons. The summed E-state index contributed by atoms with van der Waals surface area (Å²) in [6.45, 7) is 10.8.